The fraction of sp³-hybridized carbons (Fsp3) is 0.533. The van der Waals surface area contributed by atoms with E-state index in [9.17, 15) is 16.8 Å². The average molecular weight is 376 g/mol. The summed E-state index contributed by atoms with van der Waals surface area (Å²) in [5, 5.41) is 4.01. The summed E-state index contributed by atoms with van der Waals surface area (Å²) in [5.74, 6) is -0.177. The first kappa shape index (κ1) is 20.6. The minimum absolute atomic E-state index is 0.177. The van der Waals surface area contributed by atoms with Crippen LogP contribution in [0.25, 0.3) is 0 Å². The molecule has 0 unspecified atom stereocenters. The molecule has 0 aliphatic carbocycles. The second-order valence-corrected chi connectivity index (χ2v) is 9.47. The van der Waals surface area contributed by atoms with Gasteiger partial charge in [0, 0.05) is 12.3 Å². The fourth-order valence-electron chi connectivity index (χ4n) is 1.84. The Morgan fingerprint density at radius 3 is 2.29 bits per heavy atom. The minimum atomic E-state index is -3.94. The molecule has 1 aromatic rings. The lowest BCUT2D eigenvalue weighted by Gasteiger charge is -2.13. The number of sulfonamides is 1. The summed E-state index contributed by atoms with van der Waals surface area (Å²) >= 11 is 0. The first-order valence-electron chi connectivity index (χ1n) is 7.77. The number of anilines is 1. The van der Waals surface area contributed by atoms with Gasteiger partial charge in [-0.15, -0.1) is 0 Å². The molecule has 0 fully saturated rings. The zero-order chi connectivity index (χ0) is 18.4. The summed E-state index contributed by atoms with van der Waals surface area (Å²) in [6, 6.07) is 4.10. The molecular weight excluding hydrogens is 350 g/mol. The van der Waals surface area contributed by atoms with Crippen LogP contribution in [-0.2, 0) is 19.9 Å². The third kappa shape index (κ3) is 5.57. The Labute approximate surface area is 144 Å². The maximum Gasteiger partial charge on any atom is 0.241 e. The molecular formula is C15H25N3O4S2. The third-order valence-electron chi connectivity index (χ3n) is 3.18. The van der Waals surface area contributed by atoms with E-state index in [-0.39, 0.29) is 22.1 Å². The molecule has 1 aromatic carbocycles. The number of benzene rings is 1. The molecule has 0 spiro atoms. The number of hydrazone groups is 1. The fourth-order valence-corrected chi connectivity index (χ4v) is 4.68. The van der Waals surface area contributed by atoms with Gasteiger partial charge in [0.1, 0.15) is 4.90 Å². The van der Waals surface area contributed by atoms with E-state index in [1.807, 2.05) is 6.92 Å². The van der Waals surface area contributed by atoms with Gasteiger partial charge in [-0.25, -0.2) is 21.6 Å². The minimum Gasteiger partial charge on any atom is -0.279 e. The highest BCUT2D eigenvalue weighted by molar-refractivity contribution is 7.93. The Morgan fingerprint density at radius 1 is 1.08 bits per heavy atom. The number of hydrogen-bond donors (Lipinski definition) is 2. The van der Waals surface area contributed by atoms with E-state index in [2.05, 4.69) is 15.2 Å². The lowest BCUT2D eigenvalue weighted by atomic mass is 10.3. The van der Waals surface area contributed by atoms with Crippen molar-refractivity contribution in [3.05, 3.63) is 18.2 Å². The summed E-state index contributed by atoms with van der Waals surface area (Å²) in [6.45, 7) is 7.25. The van der Waals surface area contributed by atoms with Gasteiger partial charge in [0.15, 0.2) is 9.84 Å². The summed E-state index contributed by atoms with van der Waals surface area (Å²) in [6.07, 6.45) is 1.50. The van der Waals surface area contributed by atoms with Crippen LogP contribution in [-0.4, -0.2) is 34.8 Å². The Balaban J connectivity index is 3.39. The highest BCUT2D eigenvalue weighted by Gasteiger charge is 2.25. The Bertz CT molecular complexity index is 796. The molecule has 0 atom stereocenters. The van der Waals surface area contributed by atoms with E-state index in [0.29, 0.717) is 12.1 Å². The lowest BCUT2D eigenvalue weighted by molar-refractivity contribution is 0.571. The standard InChI is InChI=1S/C15H25N3O4S2/c1-5-7-10-16-24(21,22)15-11-13(18-17-12(3)4)8-9-14(15)23(19,20)6-2/h8-9,11,16,18H,5-7,10H2,1-4H3. The second-order valence-electron chi connectivity index (χ2n) is 5.49. The number of unbranched alkanes of at least 4 members (excludes halogenated alkanes) is 1. The third-order valence-corrected chi connectivity index (χ3v) is 6.60. The summed E-state index contributed by atoms with van der Waals surface area (Å²) in [5.41, 5.74) is 3.88. The number of nitrogens with one attached hydrogen (secondary N) is 2. The van der Waals surface area contributed by atoms with Gasteiger partial charge in [0.2, 0.25) is 10.0 Å². The second kappa shape index (κ2) is 8.59. The van der Waals surface area contributed by atoms with Crippen LogP contribution in [0.1, 0.15) is 40.5 Å². The molecule has 24 heavy (non-hydrogen) atoms. The molecule has 136 valence electrons. The predicted octanol–water partition coefficient (Wildman–Crippen LogP) is 2.37. The summed E-state index contributed by atoms with van der Waals surface area (Å²) in [4.78, 5) is -0.453. The predicted molar refractivity (Wildman–Crippen MR) is 96.7 cm³/mol. The van der Waals surface area contributed by atoms with Gasteiger partial charge < -0.3 is 0 Å². The molecule has 1 rings (SSSR count). The molecule has 7 nitrogen and oxygen atoms in total. The van der Waals surface area contributed by atoms with E-state index in [4.69, 9.17) is 0 Å². The lowest BCUT2D eigenvalue weighted by Crippen LogP contribution is -2.26. The van der Waals surface area contributed by atoms with Crippen molar-refractivity contribution in [3.8, 4) is 0 Å². The van der Waals surface area contributed by atoms with Crippen LogP contribution in [0.15, 0.2) is 33.1 Å². The van der Waals surface area contributed by atoms with Crippen LogP contribution in [0.2, 0.25) is 0 Å². The largest absolute Gasteiger partial charge is 0.279 e. The van der Waals surface area contributed by atoms with E-state index in [1.54, 1.807) is 13.8 Å². The van der Waals surface area contributed by atoms with Crippen LogP contribution in [0.3, 0.4) is 0 Å². The molecule has 0 saturated carbocycles. The Kier molecular flexibility index (Phi) is 7.37. The quantitative estimate of drug-likeness (QED) is 0.392. The van der Waals surface area contributed by atoms with Crippen molar-refractivity contribution in [1.82, 2.24) is 4.72 Å². The van der Waals surface area contributed by atoms with Crippen molar-refractivity contribution in [3.63, 3.8) is 0 Å². The number of hydrogen-bond acceptors (Lipinski definition) is 6. The molecule has 0 aromatic heterocycles. The van der Waals surface area contributed by atoms with Crippen molar-refractivity contribution in [2.24, 2.45) is 5.10 Å². The zero-order valence-electron chi connectivity index (χ0n) is 14.5. The van der Waals surface area contributed by atoms with Gasteiger partial charge in [-0.1, -0.05) is 20.3 Å². The van der Waals surface area contributed by atoms with Gasteiger partial charge in [-0.05, 0) is 38.5 Å². The average Bonchev–Trinajstić information content (AvgIpc) is 2.52. The highest BCUT2D eigenvalue weighted by Crippen LogP contribution is 2.26. The van der Waals surface area contributed by atoms with Crippen LogP contribution in [0.4, 0.5) is 5.69 Å². The first-order chi connectivity index (χ1) is 11.1. The van der Waals surface area contributed by atoms with Crippen molar-refractivity contribution in [2.75, 3.05) is 17.7 Å². The smallest absolute Gasteiger partial charge is 0.241 e. The molecule has 0 aliphatic rings. The number of sulfone groups is 1. The summed E-state index contributed by atoms with van der Waals surface area (Å²) < 4.78 is 52.0. The van der Waals surface area contributed by atoms with Gasteiger partial charge in [-0.2, -0.15) is 5.10 Å². The maximum absolute atomic E-state index is 12.5. The summed E-state index contributed by atoms with van der Waals surface area (Å²) in [7, 11) is -7.61. The Hall–Kier alpha value is -1.45. The molecule has 0 amide bonds. The normalized spacial score (nSPS) is 12.0. The van der Waals surface area contributed by atoms with Crippen molar-refractivity contribution >= 4 is 31.3 Å². The van der Waals surface area contributed by atoms with Crippen LogP contribution in [0, 0.1) is 0 Å². The van der Waals surface area contributed by atoms with Crippen molar-refractivity contribution < 1.29 is 16.8 Å². The van der Waals surface area contributed by atoms with Crippen LogP contribution in [0.5, 0.6) is 0 Å². The molecule has 0 heterocycles. The molecule has 0 aliphatic heterocycles. The van der Waals surface area contributed by atoms with E-state index in [1.165, 1.54) is 25.1 Å². The number of nitrogens with zero attached hydrogens (tertiary/aromatic N) is 1. The SMILES string of the molecule is CCCCNS(=O)(=O)c1cc(NN=C(C)C)ccc1S(=O)(=O)CC. The van der Waals surface area contributed by atoms with Crippen LogP contribution >= 0.6 is 0 Å². The van der Waals surface area contributed by atoms with E-state index in [0.717, 1.165) is 12.1 Å². The molecule has 2 N–H and O–H groups in total. The maximum atomic E-state index is 12.5. The van der Waals surface area contributed by atoms with Crippen molar-refractivity contribution in [1.29, 1.82) is 0 Å². The van der Waals surface area contributed by atoms with Crippen molar-refractivity contribution in [2.45, 2.75) is 50.3 Å². The van der Waals surface area contributed by atoms with Gasteiger partial charge >= 0.3 is 0 Å². The molecule has 0 bridgehead atoms. The monoisotopic (exact) mass is 375 g/mol. The molecule has 0 saturated heterocycles. The molecule has 9 heteroatoms. The van der Waals surface area contributed by atoms with E-state index >= 15 is 0 Å². The van der Waals surface area contributed by atoms with E-state index < -0.39 is 19.9 Å². The first-order valence-corrected chi connectivity index (χ1v) is 10.9. The van der Waals surface area contributed by atoms with Crippen LogP contribution < -0.4 is 10.1 Å². The topological polar surface area (TPSA) is 105 Å². The Morgan fingerprint density at radius 2 is 1.75 bits per heavy atom. The van der Waals surface area contributed by atoms with Gasteiger partial charge in [0.05, 0.1) is 16.3 Å². The van der Waals surface area contributed by atoms with Gasteiger partial charge in [-0.3, -0.25) is 5.43 Å². The van der Waals surface area contributed by atoms with Gasteiger partial charge in [0.25, 0.3) is 0 Å². The number of rotatable bonds is 9. The highest BCUT2D eigenvalue weighted by atomic mass is 32.2. The molecule has 0 radical (unpaired) electrons. The zero-order valence-corrected chi connectivity index (χ0v) is 16.1.